The first-order valence-corrected chi connectivity index (χ1v) is 7.55. The van der Waals surface area contributed by atoms with Crippen LogP contribution in [-0.4, -0.2) is 47.6 Å². The van der Waals surface area contributed by atoms with Crippen LogP contribution < -0.4 is 4.90 Å². The van der Waals surface area contributed by atoms with E-state index in [2.05, 4.69) is 32.8 Å². The SMILES string of the molecule is CCCN1CCN(c2nc(Cl)nc3ccccc23)CC1. The summed E-state index contributed by atoms with van der Waals surface area (Å²) in [5.74, 6) is 0.969. The molecule has 1 saturated heterocycles. The van der Waals surface area contributed by atoms with E-state index in [-0.39, 0.29) is 0 Å². The predicted molar refractivity (Wildman–Crippen MR) is 83.5 cm³/mol. The minimum atomic E-state index is 0.328. The van der Waals surface area contributed by atoms with Crippen LogP contribution in [0.2, 0.25) is 5.28 Å². The Morgan fingerprint density at radius 1 is 1.10 bits per heavy atom. The summed E-state index contributed by atoms with van der Waals surface area (Å²) >= 11 is 6.06. The average Bonchev–Trinajstić information content (AvgIpc) is 2.47. The van der Waals surface area contributed by atoms with Gasteiger partial charge in [0.05, 0.1) is 5.52 Å². The summed E-state index contributed by atoms with van der Waals surface area (Å²) in [6, 6.07) is 8.06. The molecule has 1 aromatic heterocycles. The molecule has 0 spiro atoms. The topological polar surface area (TPSA) is 32.3 Å². The first kappa shape index (κ1) is 13.6. The summed E-state index contributed by atoms with van der Waals surface area (Å²) in [5.41, 5.74) is 0.915. The fourth-order valence-electron chi connectivity index (χ4n) is 2.77. The lowest BCUT2D eigenvalue weighted by Gasteiger charge is -2.35. The molecule has 0 aliphatic carbocycles. The first-order chi connectivity index (χ1) is 9.78. The Morgan fingerprint density at radius 2 is 1.85 bits per heavy atom. The van der Waals surface area contributed by atoms with Crippen LogP contribution in [0.25, 0.3) is 10.9 Å². The third kappa shape index (κ3) is 2.72. The Kier molecular flexibility index (Phi) is 4.03. The third-order valence-electron chi connectivity index (χ3n) is 3.77. The van der Waals surface area contributed by atoms with Gasteiger partial charge >= 0.3 is 0 Å². The van der Waals surface area contributed by atoms with Crippen LogP contribution in [0.5, 0.6) is 0 Å². The van der Waals surface area contributed by atoms with Crippen LogP contribution in [-0.2, 0) is 0 Å². The number of para-hydroxylation sites is 1. The number of aromatic nitrogens is 2. The molecule has 20 heavy (non-hydrogen) atoms. The molecule has 1 fully saturated rings. The van der Waals surface area contributed by atoms with Crippen molar-refractivity contribution in [1.82, 2.24) is 14.9 Å². The number of fused-ring (bicyclic) bond motifs is 1. The summed E-state index contributed by atoms with van der Waals surface area (Å²) in [6.07, 6.45) is 1.21. The van der Waals surface area contributed by atoms with E-state index in [0.717, 1.165) is 42.9 Å². The van der Waals surface area contributed by atoms with Crippen LogP contribution in [0.1, 0.15) is 13.3 Å². The molecule has 0 radical (unpaired) electrons. The van der Waals surface area contributed by atoms with Gasteiger partial charge in [0.15, 0.2) is 0 Å². The number of hydrogen-bond acceptors (Lipinski definition) is 4. The Balaban J connectivity index is 1.87. The van der Waals surface area contributed by atoms with Crippen molar-refractivity contribution in [1.29, 1.82) is 0 Å². The van der Waals surface area contributed by atoms with Gasteiger partial charge in [0, 0.05) is 31.6 Å². The monoisotopic (exact) mass is 290 g/mol. The average molecular weight is 291 g/mol. The van der Waals surface area contributed by atoms with E-state index >= 15 is 0 Å². The number of halogens is 1. The van der Waals surface area contributed by atoms with E-state index in [1.807, 2.05) is 18.2 Å². The van der Waals surface area contributed by atoms with Gasteiger partial charge in [-0.15, -0.1) is 0 Å². The molecule has 0 amide bonds. The zero-order valence-corrected chi connectivity index (χ0v) is 12.5. The molecule has 1 aliphatic heterocycles. The van der Waals surface area contributed by atoms with Crippen LogP contribution in [0.3, 0.4) is 0 Å². The number of hydrogen-bond donors (Lipinski definition) is 0. The minimum Gasteiger partial charge on any atom is -0.353 e. The summed E-state index contributed by atoms with van der Waals surface area (Å²) < 4.78 is 0. The number of benzene rings is 1. The fraction of sp³-hybridized carbons (Fsp3) is 0.467. The second-order valence-electron chi connectivity index (χ2n) is 5.16. The second kappa shape index (κ2) is 5.94. The molecule has 5 heteroatoms. The van der Waals surface area contributed by atoms with E-state index in [4.69, 9.17) is 11.6 Å². The fourth-order valence-corrected chi connectivity index (χ4v) is 2.94. The molecule has 4 nitrogen and oxygen atoms in total. The van der Waals surface area contributed by atoms with E-state index in [9.17, 15) is 0 Å². The molecule has 2 heterocycles. The Labute approximate surface area is 124 Å². The quantitative estimate of drug-likeness (QED) is 0.814. The normalized spacial score (nSPS) is 16.8. The first-order valence-electron chi connectivity index (χ1n) is 7.17. The highest BCUT2D eigenvalue weighted by molar-refractivity contribution is 6.28. The predicted octanol–water partition coefficient (Wildman–Crippen LogP) is 2.82. The molecule has 0 atom stereocenters. The summed E-state index contributed by atoms with van der Waals surface area (Å²) in [5, 5.41) is 1.41. The molecule has 0 N–H and O–H groups in total. The molecule has 106 valence electrons. The Bertz CT molecular complexity index is 593. The lowest BCUT2D eigenvalue weighted by atomic mass is 10.2. The van der Waals surface area contributed by atoms with Crippen LogP contribution in [0.4, 0.5) is 5.82 Å². The zero-order valence-electron chi connectivity index (χ0n) is 11.7. The second-order valence-corrected chi connectivity index (χ2v) is 5.50. The highest BCUT2D eigenvalue weighted by atomic mass is 35.5. The molecule has 3 rings (SSSR count). The molecule has 0 saturated carbocycles. The molecule has 0 bridgehead atoms. The molecule has 1 aromatic carbocycles. The van der Waals surface area contributed by atoms with Gasteiger partial charge in [0.1, 0.15) is 5.82 Å². The van der Waals surface area contributed by atoms with E-state index in [1.54, 1.807) is 0 Å². The van der Waals surface area contributed by atoms with Gasteiger partial charge < -0.3 is 4.90 Å². The third-order valence-corrected chi connectivity index (χ3v) is 3.94. The van der Waals surface area contributed by atoms with Crippen LogP contribution >= 0.6 is 11.6 Å². The zero-order chi connectivity index (χ0) is 13.9. The summed E-state index contributed by atoms with van der Waals surface area (Å²) in [7, 11) is 0. The van der Waals surface area contributed by atoms with Gasteiger partial charge in [0.2, 0.25) is 5.28 Å². The van der Waals surface area contributed by atoms with E-state index in [0.29, 0.717) is 5.28 Å². The van der Waals surface area contributed by atoms with E-state index in [1.165, 1.54) is 13.0 Å². The van der Waals surface area contributed by atoms with Crippen molar-refractivity contribution in [3.05, 3.63) is 29.5 Å². The Hall–Kier alpha value is -1.39. The van der Waals surface area contributed by atoms with Crippen molar-refractivity contribution in [2.75, 3.05) is 37.6 Å². The molecule has 0 unspecified atom stereocenters. The van der Waals surface area contributed by atoms with Crippen molar-refractivity contribution in [2.24, 2.45) is 0 Å². The van der Waals surface area contributed by atoms with Gasteiger partial charge in [-0.1, -0.05) is 19.1 Å². The highest BCUT2D eigenvalue weighted by Crippen LogP contribution is 2.26. The highest BCUT2D eigenvalue weighted by Gasteiger charge is 2.19. The number of anilines is 1. The Morgan fingerprint density at radius 3 is 2.60 bits per heavy atom. The van der Waals surface area contributed by atoms with Gasteiger partial charge in [-0.25, -0.2) is 4.98 Å². The van der Waals surface area contributed by atoms with Crippen LogP contribution in [0, 0.1) is 0 Å². The van der Waals surface area contributed by atoms with Crippen molar-refractivity contribution in [3.8, 4) is 0 Å². The lowest BCUT2D eigenvalue weighted by Crippen LogP contribution is -2.46. The van der Waals surface area contributed by atoms with Crippen molar-refractivity contribution < 1.29 is 0 Å². The van der Waals surface area contributed by atoms with Gasteiger partial charge in [-0.3, -0.25) is 4.90 Å². The summed E-state index contributed by atoms with van der Waals surface area (Å²) in [6.45, 7) is 7.57. The lowest BCUT2D eigenvalue weighted by molar-refractivity contribution is 0.258. The number of piperazine rings is 1. The van der Waals surface area contributed by atoms with Crippen molar-refractivity contribution in [2.45, 2.75) is 13.3 Å². The molecular formula is C15H19ClN4. The minimum absolute atomic E-state index is 0.328. The van der Waals surface area contributed by atoms with Gasteiger partial charge in [-0.2, -0.15) is 4.98 Å². The molecular weight excluding hydrogens is 272 g/mol. The number of nitrogens with zero attached hydrogens (tertiary/aromatic N) is 4. The van der Waals surface area contributed by atoms with Gasteiger partial charge in [0.25, 0.3) is 0 Å². The van der Waals surface area contributed by atoms with E-state index < -0.39 is 0 Å². The molecule has 1 aliphatic rings. The summed E-state index contributed by atoms with van der Waals surface area (Å²) in [4.78, 5) is 13.6. The smallest absolute Gasteiger partial charge is 0.224 e. The van der Waals surface area contributed by atoms with Gasteiger partial charge in [-0.05, 0) is 36.7 Å². The largest absolute Gasteiger partial charge is 0.353 e. The maximum Gasteiger partial charge on any atom is 0.224 e. The van der Waals surface area contributed by atoms with Crippen molar-refractivity contribution in [3.63, 3.8) is 0 Å². The van der Waals surface area contributed by atoms with Crippen molar-refractivity contribution >= 4 is 28.3 Å². The number of rotatable bonds is 3. The standard InChI is InChI=1S/C15H19ClN4/c1-2-7-19-8-10-20(11-9-19)14-12-5-3-4-6-13(12)17-15(16)18-14/h3-6H,2,7-11H2,1H3. The van der Waals surface area contributed by atoms with Crippen LogP contribution in [0.15, 0.2) is 24.3 Å². The molecule has 2 aromatic rings. The maximum absolute atomic E-state index is 6.06. The maximum atomic E-state index is 6.06.